The topological polar surface area (TPSA) is 110 Å². The maximum atomic E-state index is 12.8. The van der Waals surface area contributed by atoms with E-state index in [-0.39, 0.29) is 34.8 Å². The van der Waals surface area contributed by atoms with Gasteiger partial charge in [0.05, 0.1) is 23.2 Å². The molecule has 1 aliphatic rings. The molecule has 1 aromatic carbocycles. The molecule has 8 nitrogen and oxygen atoms in total. The number of hydrogen-bond acceptors (Lipinski definition) is 5. The fourth-order valence-electron chi connectivity index (χ4n) is 3.32. The average Bonchev–Trinajstić information content (AvgIpc) is 3.29. The number of sulfone groups is 1. The molecule has 0 aliphatic carbocycles. The zero-order chi connectivity index (χ0) is 22.8. The largest absolute Gasteiger partial charge is 0.348 e. The lowest BCUT2D eigenvalue weighted by molar-refractivity contribution is -0.116. The summed E-state index contributed by atoms with van der Waals surface area (Å²) in [7, 11) is -3.10. The highest BCUT2D eigenvalue weighted by Gasteiger charge is 2.33. The number of nitrogens with zero attached hydrogens (tertiary/aromatic N) is 2. The van der Waals surface area contributed by atoms with E-state index in [2.05, 4.69) is 22.3 Å². The van der Waals surface area contributed by atoms with Gasteiger partial charge in [-0.2, -0.15) is 5.10 Å². The Morgan fingerprint density at radius 2 is 1.94 bits per heavy atom. The Morgan fingerprint density at radius 3 is 2.48 bits per heavy atom. The van der Waals surface area contributed by atoms with E-state index in [0.29, 0.717) is 24.3 Å². The Hall–Kier alpha value is -2.94. The molecule has 1 atom stereocenters. The number of benzene rings is 1. The number of anilines is 1. The molecule has 2 aromatic rings. The van der Waals surface area contributed by atoms with E-state index < -0.39 is 9.84 Å². The number of amides is 2. The second kappa shape index (κ2) is 8.66. The van der Waals surface area contributed by atoms with Crippen LogP contribution in [0.25, 0.3) is 0 Å². The summed E-state index contributed by atoms with van der Waals surface area (Å²) in [4.78, 5) is 24.1. The second-order valence-corrected chi connectivity index (χ2v) is 11.0. The predicted octanol–water partition coefficient (Wildman–Crippen LogP) is 2.59. The average molecular weight is 445 g/mol. The molecular weight excluding hydrogens is 416 g/mol. The van der Waals surface area contributed by atoms with Gasteiger partial charge < -0.3 is 10.6 Å². The maximum absolute atomic E-state index is 12.8. The molecule has 1 unspecified atom stereocenters. The van der Waals surface area contributed by atoms with Crippen LogP contribution >= 0.6 is 0 Å². The summed E-state index contributed by atoms with van der Waals surface area (Å²) in [6.45, 7) is 9.79. The van der Waals surface area contributed by atoms with Crippen molar-refractivity contribution in [1.29, 1.82) is 0 Å². The van der Waals surface area contributed by atoms with Crippen LogP contribution in [0.5, 0.6) is 0 Å². The van der Waals surface area contributed by atoms with Crippen LogP contribution in [0.15, 0.2) is 43.0 Å². The zero-order valence-corrected chi connectivity index (χ0v) is 18.8. The highest BCUT2D eigenvalue weighted by Crippen LogP contribution is 2.31. The van der Waals surface area contributed by atoms with Gasteiger partial charge in [0.25, 0.3) is 5.91 Å². The Balaban J connectivity index is 1.79. The minimum atomic E-state index is -3.10. The molecule has 1 aromatic heterocycles. The Bertz CT molecular complexity index is 1100. The van der Waals surface area contributed by atoms with Crippen LogP contribution in [0.4, 0.5) is 5.82 Å². The minimum absolute atomic E-state index is 0.0201. The van der Waals surface area contributed by atoms with Crippen LogP contribution < -0.4 is 10.6 Å². The third kappa shape index (κ3) is 5.61. The maximum Gasteiger partial charge on any atom is 0.256 e. The van der Waals surface area contributed by atoms with E-state index in [1.54, 1.807) is 28.9 Å². The van der Waals surface area contributed by atoms with Crippen molar-refractivity contribution in [2.24, 2.45) is 0 Å². The monoisotopic (exact) mass is 444 g/mol. The zero-order valence-electron chi connectivity index (χ0n) is 18.0. The molecule has 2 N–H and O–H groups in total. The SMILES string of the molecule is C=CC(=O)NCc1ccc(C(=O)Nc2cc(C(C)(C)C)nn2C2CCS(=O)(=O)C2)cc1. The van der Waals surface area contributed by atoms with Crippen molar-refractivity contribution < 1.29 is 18.0 Å². The summed E-state index contributed by atoms with van der Waals surface area (Å²) in [6, 6.07) is 8.39. The molecule has 3 rings (SSSR count). The van der Waals surface area contributed by atoms with E-state index in [0.717, 1.165) is 11.3 Å². The van der Waals surface area contributed by atoms with Crippen molar-refractivity contribution >= 4 is 27.5 Å². The minimum Gasteiger partial charge on any atom is -0.348 e. The molecule has 0 spiro atoms. The molecular formula is C22H28N4O4S. The summed E-state index contributed by atoms with van der Waals surface area (Å²) in [6.07, 6.45) is 1.67. The van der Waals surface area contributed by atoms with Gasteiger partial charge in [-0.3, -0.25) is 9.59 Å². The van der Waals surface area contributed by atoms with Crippen LogP contribution in [-0.2, 0) is 26.6 Å². The summed E-state index contributed by atoms with van der Waals surface area (Å²) in [5.74, 6) is 0.0495. The first-order chi connectivity index (χ1) is 14.5. The van der Waals surface area contributed by atoms with Crippen molar-refractivity contribution in [2.45, 2.75) is 45.2 Å². The lowest BCUT2D eigenvalue weighted by atomic mass is 9.92. The van der Waals surface area contributed by atoms with Crippen LogP contribution in [0, 0.1) is 0 Å². The number of rotatable bonds is 6. The van der Waals surface area contributed by atoms with Crippen molar-refractivity contribution in [1.82, 2.24) is 15.1 Å². The lowest BCUT2D eigenvalue weighted by Gasteiger charge is -2.15. The molecule has 2 heterocycles. The molecule has 0 bridgehead atoms. The van der Waals surface area contributed by atoms with Gasteiger partial charge in [0.15, 0.2) is 9.84 Å². The summed E-state index contributed by atoms with van der Waals surface area (Å²) >= 11 is 0. The normalized spacial score (nSPS) is 17.8. The van der Waals surface area contributed by atoms with Crippen molar-refractivity contribution in [3.63, 3.8) is 0 Å². The molecule has 0 saturated carbocycles. The number of hydrogen-bond donors (Lipinski definition) is 2. The third-order valence-electron chi connectivity index (χ3n) is 5.17. The second-order valence-electron chi connectivity index (χ2n) is 8.74. The summed E-state index contributed by atoms with van der Waals surface area (Å²) in [5.41, 5.74) is 1.82. The van der Waals surface area contributed by atoms with Gasteiger partial charge in [-0.1, -0.05) is 39.5 Å². The van der Waals surface area contributed by atoms with Crippen LogP contribution in [-0.4, -0.2) is 41.5 Å². The van der Waals surface area contributed by atoms with Crippen LogP contribution in [0.3, 0.4) is 0 Å². The number of carbonyl (C=O) groups is 2. The summed E-state index contributed by atoms with van der Waals surface area (Å²) < 4.78 is 25.6. The molecule has 1 fully saturated rings. The quantitative estimate of drug-likeness (QED) is 0.666. The standard InChI is InChI=1S/C22H28N4O4S/c1-5-20(27)23-13-15-6-8-16(9-7-15)21(28)24-19-12-18(22(2,3)4)25-26(19)17-10-11-31(29,30)14-17/h5-9,12,17H,1,10-11,13-14H2,2-4H3,(H,23,27)(H,24,28). The van der Waals surface area contributed by atoms with Gasteiger partial charge in [0.1, 0.15) is 5.82 Å². The van der Waals surface area contributed by atoms with Crippen LogP contribution in [0.1, 0.15) is 54.8 Å². The Morgan fingerprint density at radius 1 is 1.26 bits per heavy atom. The van der Waals surface area contributed by atoms with E-state index in [4.69, 9.17) is 0 Å². The molecule has 31 heavy (non-hydrogen) atoms. The third-order valence-corrected chi connectivity index (χ3v) is 6.92. The molecule has 1 aliphatic heterocycles. The fraction of sp³-hybridized carbons (Fsp3) is 0.409. The van der Waals surface area contributed by atoms with E-state index >= 15 is 0 Å². The predicted molar refractivity (Wildman–Crippen MR) is 120 cm³/mol. The number of carbonyl (C=O) groups excluding carboxylic acids is 2. The molecule has 0 radical (unpaired) electrons. The van der Waals surface area contributed by atoms with Gasteiger partial charge in [0.2, 0.25) is 5.91 Å². The first-order valence-corrected chi connectivity index (χ1v) is 11.9. The van der Waals surface area contributed by atoms with Crippen LogP contribution in [0.2, 0.25) is 0 Å². The lowest BCUT2D eigenvalue weighted by Crippen LogP contribution is -2.21. The highest BCUT2D eigenvalue weighted by molar-refractivity contribution is 7.91. The fourth-order valence-corrected chi connectivity index (χ4v) is 5.02. The number of nitrogens with one attached hydrogen (secondary N) is 2. The highest BCUT2D eigenvalue weighted by atomic mass is 32.2. The van der Waals surface area contributed by atoms with E-state index in [9.17, 15) is 18.0 Å². The molecule has 2 amide bonds. The summed E-state index contributed by atoms with van der Waals surface area (Å²) in [5, 5.41) is 10.2. The van der Waals surface area contributed by atoms with Gasteiger partial charge in [-0.05, 0) is 30.2 Å². The van der Waals surface area contributed by atoms with Gasteiger partial charge in [-0.25, -0.2) is 13.1 Å². The first-order valence-electron chi connectivity index (χ1n) is 10.1. The first kappa shape index (κ1) is 22.7. The smallest absolute Gasteiger partial charge is 0.256 e. The molecule has 9 heteroatoms. The molecule has 1 saturated heterocycles. The van der Waals surface area contributed by atoms with Gasteiger partial charge in [0, 0.05) is 23.6 Å². The Labute approximate surface area is 182 Å². The number of aromatic nitrogens is 2. The van der Waals surface area contributed by atoms with Crippen molar-refractivity contribution in [3.05, 3.63) is 59.8 Å². The Kier molecular flexibility index (Phi) is 6.35. The van der Waals surface area contributed by atoms with E-state index in [1.807, 2.05) is 26.8 Å². The van der Waals surface area contributed by atoms with Gasteiger partial charge >= 0.3 is 0 Å². The molecule has 166 valence electrons. The van der Waals surface area contributed by atoms with Crippen molar-refractivity contribution in [3.8, 4) is 0 Å². The van der Waals surface area contributed by atoms with Crippen molar-refractivity contribution in [2.75, 3.05) is 16.8 Å². The van der Waals surface area contributed by atoms with Gasteiger partial charge in [-0.15, -0.1) is 0 Å². The van der Waals surface area contributed by atoms with E-state index in [1.165, 1.54) is 6.08 Å².